The van der Waals surface area contributed by atoms with Gasteiger partial charge in [-0.15, -0.1) is 0 Å². The summed E-state index contributed by atoms with van der Waals surface area (Å²) < 4.78 is 11.5. The molecule has 3 aliphatic heterocycles. The quantitative estimate of drug-likeness (QED) is 0.749. The van der Waals surface area contributed by atoms with Crippen LogP contribution in [0.25, 0.3) is 0 Å². The third kappa shape index (κ3) is 2.85. The first-order valence-corrected chi connectivity index (χ1v) is 7.83. The summed E-state index contributed by atoms with van der Waals surface area (Å²) in [6, 6.07) is 0.650. The standard InChI is InChI=1S/C15H26N2O3/c1-16(2)15(18)13-9-11-3-6-17(10-14(11)20-13)12-4-7-19-8-5-12/h11-14H,3-10H2,1-2H3/t11-,13+,14+/m1/s1. The van der Waals surface area contributed by atoms with Gasteiger partial charge in [-0.3, -0.25) is 9.69 Å². The van der Waals surface area contributed by atoms with E-state index in [1.807, 2.05) is 14.1 Å². The zero-order valence-electron chi connectivity index (χ0n) is 12.6. The van der Waals surface area contributed by atoms with Crippen molar-refractivity contribution < 1.29 is 14.3 Å². The summed E-state index contributed by atoms with van der Waals surface area (Å²) in [5, 5.41) is 0. The number of carbonyl (C=O) groups is 1. The van der Waals surface area contributed by atoms with Crippen molar-refractivity contribution in [3.8, 4) is 0 Å². The van der Waals surface area contributed by atoms with Crippen LogP contribution in [-0.2, 0) is 14.3 Å². The lowest BCUT2D eigenvalue weighted by Gasteiger charge is -2.40. The molecule has 0 aromatic heterocycles. The number of carbonyl (C=O) groups excluding carboxylic acids is 1. The molecule has 0 N–H and O–H groups in total. The second-order valence-corrected chi connectivity index (χ2v) is 6.52. The van der Waals surface area contributed by atoms with Crippen molar-refractivity contribution in [2.75, 3.05) is 40.4 Å². The maximum absolute atomic E-state index is 12.0. The van der Waals surface area contributed by atoms with Gasteiger partial charge in [0.25, 0.3) is 5.91 Å². The molecule has 3 heterocycles. The average molecular weight is 282 g/mol. The molecule has 3 saturated heterocycles. The van der Waals surface area contributed by atoms with E-state index in [1.165, 1.54) is 6.42 Å². The van der Waals surface area contributed by atoms with Crippen molar-refractivity contribution in [3.63, 3.8) is 0 Å². The number of ether oxygens (including phenoxy) is 2. The van der Waals surface area contributed by atoms with Crippen LogP contribution in [0.1, 0.15) is 25.7 Å². The normalized spacial score (nSPS) is 35.8. The lowest BCUT2D eigenvalue weighted by Crippen LogP contribution is -2.49. The van der Waals surface area contributed by atoms with Gasteiger partial charge in [0.1, 0.15) is 6.10 Å². The lowest BCUT2D eigenvalue weighted by atomic mass is 9.90. The predicted molar refractivity (Wildman–Crippen MR) is 75.5 cm³/mol. The summed E-state index contributed by atoms with van der Waals surface area (Å²) in [7, 11) is 3.62. The molecule has 3 rings (SSSR count). The van der Waals surface area contributed by atoms with Gasteiger partial charge in [-0.25, -0.2) is 0 Å². The second-order valence-electron chi connectivity index (χ2n) is 6.52. The molecule has 0 aromatic carbocycles. The number of nitrogens with zero attached hydrogens (tertiary/aromatic N) is 2. The van der Waals surface area contributed by atoms with E-state index in [4.69, 9.17) is 9.47 Å². The fraction of sp³-hybridized carbons (Fsp3) is 0.933. The van der Waals surface area contributed by atoms with Crippen LogP contribution in [0.4, 0.5) is 0 Å². The number of fused-ring (bicyclic) bond motifs is 1. The Kier molecular flexibility index (Phi) is 4.29. The Hall–Kier alpha value is -0.650. The molecule has 3 aliphatic rings. The molecular weight excluding hydrogens is 256 g/mol. The minimum absolute atomic E-state index is 0.122. The molecule has 1 amide bonds. The molecule has 0 radical (unpaired) electrons. The monoisotopic (exact) mass is 282 g/mol. The van der Waals surface area contributed by atoms with E-state index in [2.05, 4.69) is 4.90 Å². The van der Waals surface area contributed by atoms with Crippen LogP contribution < -0.4 is 0 Å². The molecule has 0 unspecified atom stereocenters. The third-order valence-corrected chi connectivity index (χ3v) is 5.01. The van der Waals surface area contributed by atoms with Crippen molar-refractivity contribution in [2.24, 2.45) is 5.92 Å². The summed E-state index contributed by atoms with van der Waals surface area (Å²) in [4.78, 5) is 16.3. The zero-order chi connectivity index (χ0) is 14.1. The van der Waals surface area contributed by atoms with Gasteiger partial charge in [0.2, 0.25) is 0 Å². The molecular formula is C15H26N2O3. The molecule has 0 spiro atoms. The van der Waals surface area contributed by atoms with Gasteiger partial charge in [0.15, 0.2) is 0 Å². The van der Waals surface area contributed by atoms with Crippen molar-refractivity contribution in [1.29, 1.82) is 0 Å². The summed E-state index contributed by atoms with van der Waals surface area (Å²) in [5.41, 5.74) is 0. The number of hydrogen-bond donors (Lipinski definition) is 0. The lowest BCUT2D eigenvalue weighted by molar-refractivity contribution is -0.141. The molecule has 114 valence electrons. The first-order chi connectivity index (χ1) is 9.65. The fourth-order valence-corrected chi connectivity index (χ4v) is 3.78. The highest BCUT2D eigenvalue weighted by Gasteiger charge is 2.43. The Labute approximate surface area is 121 Å². The Balaban J connectivity index is 1.57. The highest BCUT2D eigenvalue weighted by atomic mass is 16.5. The van der Waals surface area contributed by atoms with E-state index in [0.29, 0.717) is 12.0 Å². The van der Waals surface area contributed by atoms with Crippen LogP contribution >= 0.6 is 0 Å². The Morgan fingerprint density at radius 1 is 1.20 bits per heavy atom. The number of rotatable bonds is 2. The molecule has 5 nitrogen and oxygen atoms in total. The van der Waals surface area contributed by atoms with E-state index in [-0.39, 0.29) is 18.1 Å². The first kappa shape index (κ1) is 14.3. The van der Waals surface area contributed by atoms with E-state index in [0.717, 1.165) is 45.6 Å². The number of likely N-dealkylation sites (tertiary alicyclic amines) is 1. The third-order valence-electron chi connectivity index (χ3n) is 5.01. The number of piperidine rings is 1. The van der Waals surface area contributed by atoms with Gasteiger partial charge < -0.3 is 14.4 Å². The maximum Gasteiger partial charge on any atom is 0.251 e. The van der Waals surface area contributed by atoms with E-state index in [1.54, 1.807) is 4.90 Å². The summed E-state index contributed by atoms with van der Waals surface area (Å²) >= 11 is 0. The highest BCUT2D eigenvalue weighted by Crippen LogP contribution is 2.35. The van der Waals surface area contributed by atoms with Gasteiger partial charge in [-0.05, 0) is 38.1 Å². The van der Waals surface area contributed by atoms with E-state index < -0.39 is 0 Å². The minimum Gasteiger partial charge on any atom is -0.381 e. The van der Waals surface area contributed by atoms with E-state index in [9.17, 15) is 4.79 Å². The Bertz CT molecular complexity index is 355. The van der Waals surface area contributed by atoms with Crippen LogP contribution in [0.5, 0.6) is 0 Å². The Morgan fingerprint density at radius 3 is 2.65 bits per heavy atom. The largest absolute Gasteiger partial charge is 0.381 e. The molecule has 0 aliphatic carbocycles. The summed E-state index contributed by atoms with van der Waals surface area (Å²) in [6.07, 6.45) is 4.38. The molecule has 20 heavy (non-hydrogen) atoms. The van der Waals surface area contributed by atoms with Gasteiger partial charge >= 0.3 is 0 Å². The predicted octanol–water partition coefficient (Wildman–Crippen LogP) is 0.733. The average Bonchev–Trinajstić information content (AvgIpc) is 2.90. The summed E-state index contributed by atoms with van der Waals surface area (Å²) in [6.45, 7) is 3.92. The maximum atomic E-state index is 12.0. The smallest absolute Gasteiger partial charge is 0.251 e. The molecule has 5 heteroatoms. The van der Waals surface area contributed by atoms with Crippen LogP contribution in [0.2, 0.25) is 0 Å². The van der Waals surface area contributed by atoms with Gasteiger partial charge in [-0.1, -0.05) is 0 Å². The summed E-state index contributed by atoms with van der Waals surface area (Å²) in [5.74, 6) is 0.692. The van der Waals surface area contributed by atoms with Gasteiger partial charge in [0.05, 0.1) is 6.10 Å². The molecule has 3 atom stereocenters. The molecule has 0 bridgehead atoms. The van der Waals surface area contributed by atoms with Gasteiger partial charge in [-0.2, -0.15) is 0 Å². The van der Waals surface area contributed by atoms with Crippen LogP contribution in [0.15, 0.2) is 0 Å². The zero-order valence-corrected chi connectivity index (χ0v) is 12.6. The highest BCUT2D eigenvalue weighted by molar-refractivity contribution is 5.80. The van der Waals surface area contributed by atoms with E-state index >= 15 is 0 Å². The van der Waals surface area contributed by atoms with Crippen molar-refractivity contribution >= 4 is 5.91 Å². The fourth-order valence-electron chi connectivity index (χ4n) is 3.78. The molecule has 0 saturated carbocycles. The topological polar surface area (TPSA) is 42.0 Å². The molecule has 0 aromatic rings. The number of likely N-dealkylation sites (N-methyl/N-ethyl adjacent to an activating group) is 1. The van der Waals surface area contributed by atoms with Crippen LogP contribution in [0, 0.1) is 5.92 Å². The Morgan fingerprint density at radius 2 is 1.95 bits per heavy atom. The van der Waals surface area contributed by atoms with Gasteiger partial charge in [0, 0.05) is 39.9 Å². The SMILES string of the molecule is CN(C)C(=O)[C@@H]1C[C@H]2CCN(C3CCOCC3)C[C@@H]2O1. The van der Waals surface area contributed by atoms with Crippen LogP contribution in [-0.4, -0.2) is 74.4 Å². The second kappa shape index (κ2) is 6.00. The minimum atomic E-state index is -0.213. The number of amides is 1. The van der Waals surface area contributed by atoms with Crippen molar-refractivity contribution in [3.05, 3.63) is 0 Å². The van der Waals surface area contributed by atoms with Crippen molar-refractivity contribution in [1.82, 2.24) is 9.80 Å². The van der Waals surface area contributed by atoms with Crippen LogP contribution in [0.3, 0.4) is 0 Å². The first-order valence-electron chi connectivity index (χ1n) is 7.83. The molecule has 3 fully saturated rings. The number of hydrogen-bond acceptors (Lipinski definition) is 4. The van der Waals surface area contributed by atoms with Crippen molar-refractivity contribution in [2.45, 2.75) is 43.9 Å².